The van der Waals surface area contributed by atoms with Gasteiger partial charge in [-0.25, -0.2) is 9.97 Å². The summed E-state index contributed by atoms with van der Waals surface area (Å²) in [6.07, 6.45) is 6.87. The number of pyridine rings is 1. The molecule has 1 unspecified atom stereocenters. The van der Waals surface area contributed by atoms with Crippen LogP contribution in [0.15, 0.2) is 59.7 Å². The molecule has 2 aromatic heterocycles. The Kier molecular flexibility index (Phi) is 5.41. The summed E-state index contributed by atoms with van der Waals surface area (Å²) in [5.74, 6) is 0.582. The van der Waals surface area contributed by atoms with E-state index in [1.54, 1.807) is 36.7 Å². The molecule has 1 aliphatic carbocycles. The number of aliphatic hydroxyl groups excluding tert-OH is 1. The molecule has 1 saturated carbocycles. The molecular formula is C21H21ClN4O2. The number of nitrogens with one attached hydrogen (secondary N) is 1. The van der Waals surface area contributed by atoms with Gasteiger partial charge in [0.1, 0.15) is 0 Å². The summed E-state index contributed by atoms with van der Waals surface area (Å²) >= 11 is 6.05. The third kappa shape index (κ3) is 3.93. The minimum atomic E-state index is -0.499. The van der Waals surface area contributed by atoms with E-state index in [4.69, 9.17) is 11.6 Å². The average Bonchev–Trinajstić information content (AvgIpc) is 2.67. The van der Waals surface area contributed by atoms with E-state index in [1.807, 2.05) is 12.1 Å². The molecule has 0 bridgehead atoms. The molecule has 1 aliphatic rings. The molecule has 6 nitrogen and oxygen atoms in total. The van der Waals surface area contributed by atoms with Crippen molar-refractivity contribution in [1.29, 1.82) is 0 Å². The summed E-state index contributed by atoms with van der Waals surface area (Å²) in [5.41, 5.74) is 1.95. The summed E-state index contributed by atoms with van der Waals surface area (Å²) in [6, 6.07) is 12.2. The van der Waals surface area contributed by atoms with Crippen molar-refractivity contribution in [1.82, 2.24) is 14.5 Å². The number of hydrogen-bond donors (Lipinski definition) is 2. The van der Waals surface area contributed by atoms with Crippen LogP contribution in [0, 0.1) is 0 Å². The first-order valence-electron chi connectivity index (χ1n) is 9.32. The van der Waals surface area contributed by atoms with Gasteiger partial charge in [-0.2, -0.15) is 0 Å². The van der Waals surface area contributed by atoms with Crippen molar-refractivity contribution < 1.29 is 5.11 Å². The van der Waals surface area contributed by atoms with Crippen LogP contribution in [0.4, 0.5) is 5.95 Å². The fourth-order valence-corrected chi connectivity index (χ4v) is 3.50. The van der Waals surface area contributed by atoms with Crippen molar-refractivity contribution >= 4 is 17.5 Å². The zero-order valence-corrected chi connectivity index (χ0v) is 16.0. The highest BCUT2D eigenvalue weighted by Gasteiger charge is 2.18. The lowest BCUT2D eigenvalue weighted by Crippen LogP contribution is -2.28. The lowest BCUT2D eigenvalue weighted by Gasteiger charge is -2.26. The van der Waals surface area contributed by atoms with Gasteiger partial charge in [-0.15, -0.1) is 0 Å². The minimum absolute atomic E-state index is 0.206. The van der Waals surface area contributed by atoms with Gasteiger partial charge >= 0.3 is 0 Å². The highest BCUT2D eigenvalue weighted by atomic mass is 35.5. The fourth-order valence-electron chi connectivity index (χ4n) is 3.30. The van der Waals surface area contributed by atoms with Crippen molar-refractivity contribution in [3.8, 4) is 11.3 Å². The largest absolute Gasteiger partial charge is 0.394 e. The van der Waals surface area contributed by atoms with E-state index in [2.05, 4.69) is 15.3 Å². The highest BCUT2D eigenvalue weighted by Crippen LogP contribution is 2.24. The molecule has 2 N–H and O–H groups in total. The fraction of sp³-hybridized carbons (Fsp3) is 0.286. The Morgan fingerprint density at radius 1 is 1.25 bits per heavy atom. The van der Waals surface area contributed by atoms with Gasteiger partial charge in [0.25, 0.3) is 5.56 Å². The molecule has 0 saturated heterocycles. The molecule has 7 heteroatoms. The Hall–Kier alpha value is -2.70. The maximum Gasteiger partial charge on any atom is 0.251 e. The summed E-state index contributed by atoms with van der Waals surface area (Å²) in [4.78, 5) is 21.5. The SMILES string of the molecule is O=c1cc(-c2ccnc(NC3CCC3)n2)ccn1C(CO)c1cccc(Cl)c1. The smallest absolute Gasteiger partial charge is 0.251 e. The van der Waals surface area contributed by atoms with Gasteiger partial charge in [0.2, 0.25) is 5.95 Å². The minimum Gasteiger partial charge on any atom is -0.394 e. The first-order valence-corrected chi connectivity index (χ1v) is 9.70. The van der Waals surface area contributed by atoms with Gasteiger partial charge in [0.05, 0.1) is 18.3 Å². The number of benzene rings is 1. The van der Waals surface area contributed by atoms with E-state index in [1.165, 1.54) is 17.1 Å². The third-order valence-electron chi connectivity index (χ3n) is 5.08. The Bertz CT molecular complexity index is 1030. The number of aliphatic hydroxyl groups is 1. The van der Waals surface area contributed by atoms with Gasteiger partial charge in [-0.05, 0) is 49.1 Å². The second-order valence-corrected chi connectivity index (χ2v) is 7.39. The van der Waals surface area contributed by atoms with Gasteiger partial charge in [0.15, 0.2) is 0 Å². The molecule has 0 spiro atoms. The van der Waals surface area contributed by atoms with Crippen LogP contribution in [-0.2, 0) is 0 Å². The van der Waals surface area contributed by atoms with E-state index in [-0.39, 0.29) is 12.2 Å². The van der Waals surface area contributed by atoms with Crippen molar-refractivity contribution in [2.45, 2.75) is 31.3 Å². The van der Waals surface area contributed by atoms with Gasteiger partial charge in [0, 0.05) is 35.1 Å². The molecule has 1 aromatic carbocycles. The van der Waals surface area contributed by atoms with E-state index in [0.717, 1.165) is 18.4 Å². The van der Waals surface area contributed by atoms with E-state index < -0.39 is 6.04 Å². The Labute approximate surface area is 167 Å². The van der Waals surface area contributed by atoms with Crippen LogP contribution < -0.4 is 10.9 Å². The van der Waals surface area contributed by atoms with Crippen LogP contribution in [0.5, 0.6) is 0 Å². The molecule has 2 heterocycles. The Balaban J connectivity index is 1.62. The molecule has 0 aliphatic heterocycles. The maximum absolute atomic E-state index is 12.7. The van der Waals surface area contributed by atoms with Crippen LogP contribution >= 0.6 is 11.6 Å². The maximum atomic E-state index is 12.7. The van der Waals surface area contributed by atoms with Gasteiger partial charge < -0.3 is 15.0 Å². The van der Waals surface area contributed by atoms with Crippen LogP contribution in [0.25, 0.3) is 11.3 Å². The number of halogens is 1. The van der Waals surface area contributed by atoms with Crippen LogP contribution in [0.2, 0.25) is 5.02 Å². The molecule has 3 aromatic rings. The zero-order chi connectivity index (χ0) is 19.5. The quantitative estimate of drug-likeness (QED) is 0.666. The Morgan fingerprint density at radius 3 is 2.79 bits per heavy atom. The molecular weight excluding hydrogens is 376 g/mol. The van der Waals surface area contributed by atoms with Crippen molar-refractivity contribution in [3.05, 3.63) is 75.8 Å². The molecule has 0 amide bonds. The first kappa shape index (κ1) is 18.7. The standard InChI is InChI=1S/C21H21ClN4O2/c22-16-4-1-3-15(11-16)19(13-27)26-10-8-14(12-20(26)28)18-7-9-23-21(25-18)24-17-5-2-6-17/h1,3-4,7-12,17,19,27H,2,5-6,13H2,(H,23,24,25). The summed E-state index contributed by atoms with van der Waals surface area (Å²) < 4.78 is 1.50. The molecule has 144 valence electrons. The number of rotatable bonds is 6. The molecule has 1 fully saturated rings. The average molecular weight is 397 g/mol. The summed E-state index contributed by atoms with van der Waals surface area (Å²) in [7, 11) is 0. The predicted octanol–water partition coefficient (Wildman–Crippen LogP) is 3.50. The Morgan fingerprint density at radius 2 is 2.11 bits per heavy atom. The first-order chi connectivity index (χ1) is 13.6. The normalized spacial score (nSPS) is 15.1. The summed E-state index contributed by atoms with van der Waals surface area (Å²) in [6.45, 7) is -0.206. The molecule has 0 radical (unpaired) electrons. The number of aromatic nitrogens is 3. The lowest BCUT2D eigenvalue weighted by molar-refractivity contribution is 0.247. The van der Waals surface area contributed by atoms with E-state index >= 15 is 0 Å². The second-order valence-electron chi connectivity index (χ2n) is 6.95. The van der Waals surface area contributed by atoms with Gasteiger partial charge in [-0.1, -0.05) is 23.7 Å². The van der Waals surface area contributed by atoms with E-state index in [0.29, 0.717) is 28.3 Å². The summed E-state index contributed by atoms with van der Waals surface area (Å²) in [5, 5.41) is 13.7. The van der Waals surface area contributed by atoms with Gasteiger partial charge in [-0.3, -0.25) is 4.79 Å². The highest BCUT2D eigenvalue weighted by molar-refractivity contribution is 6.30. The molecule has 1 atom stereocenters. The number of nitrogens with zero attached hydrogens (tertiary/aromatic N) is 3. The van der Waals surface area contributed by atoms with E-state index in [9.17, 15) is 9.90 Å². The molecule has 4 rings (SSSR count). The number of hydrogen-bond acceptors (Lipinski definition) is 5. The predicted molar refractivity (Wildman–Crippen MR) is 110 cm³/mol. The number of anilines is 1. The van der Waals surface area contributed by atoms with Crippen LogP contribution in [0.3, 0.4) is 0 Å². The van der Waals surface area contributed by atoms with Crippen LogP contribution in [0.1, 0.15) is 30.9 Å². The molecule has 28 heavy (non-hydrogen) atoms. The lowest BCUT2D eigenvalue weighted by atomic mass is 9.93. The zero-order valence-electron chi connectivity index (χ0n) is 15.3. The topological polar surface area (TPSA) is 80.0 Å². The third-order valence-corrected chi connectivity index (χ3v) is 5.32. The monoisotopic (exact) mass is 396 g/mol. The van der Waals surface area contributed by atoms with Crippen LogP contribution in [-0.4, -0.2) is 32.3 Å². The van der Waals surface area contributed by atoms with Crippen molar-refractivity contribution in [2.24, 2.45) is 0 Å². The van der Waals surface area contributed by atoms with Crippen molar-refractivity contribution in [2.75, 3.05) is 11.9 Å². The second kappa shape index (κ2) is 8.12. The van der Waals surface area contributed by atoms with Crippen molar-refractivity contribution in [3.63, 3.8) is 0 Å².